The van der Waals surface area contributed by atoms with Crippen molar-refractivity contribution in [2.45, 2.75) is 32.1 Å². The van der Waals surface area contributed by atoms with Gasteiger partial charge in [0.1, 0.15) is 11.2 Å². The van der Waals surface area contributed by atoms with E-state index in [-0.39, 0.29) is 31.9 Å². The molecule has 5 rings (SSSR count). The molecule has 2 aromatic heterocycles. The van der Waals surface area contributed by atoms with Crippen LogP contribution in [-0.2, 0) is 16.6 Å². The lowest BCUT2D eigenvalue weighted by molar-refractivity contribution is -0.120. The number of anilines is 1. The smallest absolute Gasteiger partial charge is 0.239 e. The normalized spacial score (nSPS) is 17.7. The molecule has 1 aliphatic rings. The van der Waals surface area contributed by atoms with Crippen molar-refractivity contribution in [3.05, 3.63) is 89.3 Å². The van der Waals surface area contributed by atoms with Crippen LogP contribution in [0.4, 0.5) is 5.69 Å². The predicted octanol–water partition coefficient (Wildman–Crippen LogP) is 4.27. The van der Waals surface area contributed by atoms with Crippen LogP contribution >= 0.6 is 13.5 Å². The van der Waals surface area contributed by atoms with E-state index in [2.05, 4.69) is 26.5 Å². The summed E-state index contributed by atoms with van der Waals surface area (Å²) in [5, 5.41) is 17.5. The van der Waals surface area contributed by atoms with Gasteiger partial charge < -0.3 is 19.9 Å². The molecule has 2 aromatic carbocycles. The number of fused-ring (bicyclic) bond motifs is 1. The zero-order valence-corrected chi connectivity index (χ0v) is 20.1. The van der Waals surface area contributed by atoms with Gasteiger partial charge in [0, 0.05) is 29.7 Å². The van der Waals surface area contributed by atoms with Crippen LogP contribution in [0.1, 0.15) is 34.7 Å². The first-order valence-corrected chi connectivity index (χ1v) is 11.1. The summed E-state index contributed by atoms with van der Waals surface area (Å²) < 4.78 is 5.39. The van der Waals surface area contributed by atoms with Crippen LogP contribution < -0.4 is 5.32 Å². The van der Waals surface area contributed by atoms with Gasteiger partial charge in [-0.15, -0.1) is 0 Å². The van der Waals surface area contributed by atoms with Crippen LogP contribution in [-0.4, -0.2) is 32.7 Å². The fourth-order valence-corrected chi connectivity index (χ4v) is 5.08. The van der Waals surface area contributed by atoms with Gasteiger partial charge in [-0.25, -0.2) is 4.98 Å². The van der Waals surface area contributed by atoms with E-state index < -0.39 is 5.41 Å². The summed E-state index contributed by atoms with van der Waals surface area (Å²) >= 11 is 0. The van der Waals surface area contributed by atoms with Gasteiger partial charge in [-0.05, 0) is 61.4 Å². The lowest BCUT2D eigenvalue weighted by Gasteiger charge is -2.32. The van der Waals surface area contributed by atoms with E-state index in [1.54, 1.807) is 12.5 Å². The minimum Gasteiger partial charge on any atom is -0.396 e. The van der Waals surface area contributed by atoms with Gasteiger partial charge in [0.15, 0.2) is 0 Å². The first-order valence-electron chi connectivity index (χ1n) is 11.1. The third-order valence-electron chi connectivity index (χ3n) is 6.62. The van der Waals surface area contributed by atoms with E-state index in [1.807, 2.05) is 56.3 Å². The summed E-state index contributed by atoms with van der Waals surface area (Å²) in [6.45, 7) is 3.77. The molecular formula is C26H28N4O3S. The molecule has 176 valence electrons. The Kier molecular flexibility index (Phi) is 6.63. The Bertz CT molecular complexity index is 1270. The van der Waals surface area contributed by atoms with Crippen molar-refractivity contribution in [2.24, 2.45) is 5.92 Å². The fraction of sp³-hybridized carbons (Fsp3) is 0.269. The Hall–Kier alpha value is -3.36. The summed E-state index contributed by atoms with van der Waals surface area (Å²) in [7, 11) is 0. The van der Waals surface area contributed by atoms with E-state index in [0.717, 1.165) is 45.1 Å². The molecule has 0 aliphatic carbocycles. The first kappa shape index (κ1) is 23.8. The maximum Gasteiger partial charge on any atom is 0.239 e. The van der Waals surface area contributed by atoms with Crippen molar-refractivity contribution in [3.8, 4) is 11.1 Å². The Morgan fingerprint density at radius 3 is 2.59 bits per heavy atom. The molecule has 2 atom stereocenters. The highest BCUT2D eigenvalue weighted by Crippen LogP contribution is 2.48. The van der Waals surface area contributed by atoms with Crippen molar-refractivity contribution in [1.82, 2.24) is 15.1 Å². The largest absolute Gasteiger partial charge is 0.396 e. The first-order chi connectivity index (χ1) is 16.0. The van der Waals surface area contributed by atoms with E-state index in [1.165, 1.54) is 0 Å². The molecule has 0 bridgehead atoms. The Labute approximate surface area is 205 Å². The van der Waals surface area contributed by atoms with Crippen LogP contribution in [0.15, 0.2) is 65.6 Å². The van der Waals surface area contributed by atoms with E-state index >= 15 is 0 Å². The zero-order valence-electron chi connectivity index (χ0n) is 19.1. The van der Waals surface area contributed by atoms with Crippen LogP contribution in [0, 0.1) is 19.8 Å². The van der Waals surface area contributed by atoms with Crippen molar-refractivity contribution >= 4 is 25.1 Å². The van der Waals surface area contributed by atoms with Gasteiger partial charge in [0.25, 0.3) is 0 Å². The van der Waals surface area contributed by atoms with Gasteiger partial charge in [0.2, 0.25) is 5.91 Å². The second-order valence-electron chi connectivity index (χ2n) is 8.72. The highest BCUT2D eigenvalue weighted by molar-refractivity contribution is 7.59. The lowest BCUT2D eigenvalue weighted by Crippen LogP contribution is -2.39. The van der Waals surface area contributed by atoms with E-state index in [9.17, 15) is 9.90 Å². The fourth-order valence-electron chi connectivity index (χ4n) is 5.08. The number of hydrogen-bond acceptors (Lipinski definition) is 5. The summed E-state index contributed by atoms with van der Waals surface area (Å²) in [6, 6.07) is 15.8. The molecule has 3 heterocycles. The Morgan fingerprint density at radius 2 is 1.94 bits per heavy atom. The number of carbonyl (C=O) groups excluding carboxylic acids is 1. The van der Waals surface area contributed by atoms with Crippen molar-refractivity contribution in [1.29, 1.82) is 0 Å². The number of aryl methyl sites for hydroxylation is 2. The number of hydrogen-bond donors (Lipinski definition) is 3. The quantitative estimate of drug-likeness (QED) is 0.369. The summed E-state index contributed by atoms with van der Waals surface area (Å²) in [6.07, 6.45) is 4.44. The Balaban J connectivity index is 0.00000274. The van der Waals surface area contributed by atoms with Crippen molar-refractivity contribution in [2.75, 3.05) is 11.9 Å². The van der Waals surface area contributed by atoms with Crippen LogP contribution in [0.25, 0.3) is 11.1 Å². The van der Waals surface area contributed by atoms with Gasteiger partial charge in [-0.1, -0.05) is 41.6 Å². The van der Waals surface area contributed by atoms with Crippen molar-refractivity contribution in [3.63, 3.8) is 0 Å². The summed E-state index contributed by atoms with van der Waals surface area (Å²) in [4.78, 5) is 20.9. The zero-order chi connectivity index (χ0) is 23.0. The number of imidazole rings is 1. The predicted molar refractivity (Wildman–Crippen MR) is 135 cm³/mol. The van der Waals surface area contributed by atoms with E-state index in [0.29, 0.717) is 12.8 Å². The molecule has 3 N–H and O–H groups in total. The second kappa shape index (κ2) is 9.48. The molecule has 34 heavy (non-hydrogen) atoms. The SMILES string of the molecule is Cc1noc(C)c1-c1ccc2c(c1)C(C[C@H](CO)Cc1cnc[nH]1)(c1ccccc1)C(=O)N2.S. The number of aromatic nitrogens is 3. The third kappa shape index (κ3) is 3.93. The number of nitrogens with one attached hydrogen (secondary N) is 2. The number of carbonyl (C=O) groups is 1. The highest BCUT2D eigenvalue weighted by Gasteiger charge is 2.49. The molecule has 0 fully saturated rings. The molecule has 4 aromatic rings. The number of aliphatic hydroxyl groups is 1. The number of benzene rings is 2. The minimum absolute atomic E-state index is 0. The monoisotopic (exact) mass is 476 g/mol. The van der Waals surface area contributed by atoms with Crippen LogP contribution in [0.5, 0.6) is 0 Å². The number of amides is 1. The molecule has 0 radical (unpaired) electrons. The van der Waals surface area contributed by atoms with Crippen molar-refractivity contribution < 1.29 is 14.4 Å². The third-order valence-corrected chi connectivity index (χ3v) is 6.62. The molecule has 7 nitrogen and oxygen atoms in total. The summed E-state index contributed by atoms with van der Waals surface area (Å²) in [5.41, 5.74) is 5.30. The van der Waals surface area contributed by atoms with E-state index in [4.69, 9.17) is 4.52 Å². The molecule has 0 saturated carbocycles. The summed E-state index contributed by atoms with van der Waals surface area (Å²) in [5.74, 6) is 0.510. The Morgan fingerprint density at radius 1 is 1.15 bits per heavy atom. The molecule has 8 heteroatoms. The van der Waals surface area contributed by atoms with Gasteiger partial charge >= 0.3 is 0 Å². The molecule has 1 aliphatic heterocycles. The number of aliphatic hydroxyl groups excluding tert-OH is 1. The maximum absolute atomic E-state index is 13.7. The van der Waals surface area contributed by atoms with Crippen LogP contribution in [0.2, 0.25) is 0 Å². The molecule has 1 unspecified atom stereocenters. The number of aromatic amines is 1. The highest BCUT2D eigenvalue weighted by atomic mass is 32.1. The van der Waals surface area contributed by atoms with Gasteiger partial charge in [-0.2, -0.15) is 13.5 Å². The van der Waals surface area contributed by atoms with Gasteiger partial charge in [-0.3, -0.25) is 4.79 Å². The molecule has 1 amide bonds. The lowest BCUT2D eigenvalue weighted by atomic mass is 9.69. The van der Waals surface area contributed by atoms with Crippen LogP contribution in [0.3, 0.4) is 0 Å². The minimum atomic E-state index is -0.932. The molecule has 0 saturated heterocycles. The second-order valence-corrected chi connectivity index (χ2v) is 8.72. The molecule has 0 spiro atoms. The maximum atomic E-state index is 13.7. The topological polar surface area (TPSA) is 104 Å². The van der Waals surface area contributed by atoms with Gasteiger partial charge in [0.05, 0.1) is 12.0 Å². The number of nitrogens with zero attached hydrogens (tertiary/aromatic N) is 2. The standard InChI is InChI=1S/C26H26N4O3.H2S/c1-16-24(17(2)33-30-16)19-8-9-23-22(11-19)26(25(32)29-23,20-6-4-3-5-7-20)12-18(14-31)10-21-13-27-15-28-21;/h3-9,11,13,15,18,31H,10,12,14H2,1-2H3,(H,27,28)(H,29,32);1H2/t18-,26?;/m1./s1. The number of H-pyrrole nitrogens is 1. The number of rotatable bonds is 7. The average molecular weight is 477 g/mol. The average Bonchev–Trinajstić information content (AvgIpc) is 3.53. The molecular weight excluding hydrogens is 448 g/mol.